The predicted octanol–water partition coefficient (Wildman–Crippen LogP) is 2.18. The van der Waals surface area contributed by atoms with Crippen molar-refractivity contribution in [1.82, 2.24) is 4.90 Å². The van der Waals surface area contributed by atoms with Gasteiger partial charge in [-0.3, -0.25) is 19.4 Å². The van der Waals surface area contributed by atoms with Crippen LogP contribution in [0.4, 0.5) is 11.4 Å². The number of nitrogens with one attached hydrogen (secondary N) is 1. The lowest BCUT2D eigenvalue weighted by Gasteiger charge is -2.42. The number of fused-ring (bicyclic) bond motifs is 1. The Labute approximate surface area is 165 Å². The van der Waals surface area contributed by atoms with E-state index in [1.807, 2.05) is 42.5 Å². The van der Waals surface area contributed by atoms with Gasteiger partial charge in [0, 0.05) is 25.0 Å². The molecule has 2 atom stereocenters. The molecule has 0 aliphatic carbocycles. The number of nitrogens with two attached hydrogens (primary N) is 1. The molecule has 28 heavy (non-hydrogen) atoms. The molecule has 2 heterocycles. The van der Waals surface area contributed by atoms with Crippen LogP contribution in [0.25, 0.3) is 0 Å². The molecule has 0 saturated carbocycles. The molecule has 0 aromatic heterocycles. The molecule has 3 N–H and O–H groups in total. The molecule has 0 radical (unpaired) electrons. The van der Waals surface area contributed by atoms with Crippen molar-refractivity contribution >= 4 is 23.2 Å². The Morgan fingerprint density at radius 1 is 1.11 bits per heavy atom. The van der Waals surface area contributed by atoms with Crippen LogP contribution in [0.15, 0.2) is 54.6 Å². The van der Waals surface area contributed by atoms with Gasteiger partial charge in [0.15, 0.2) is 0 Å². The third-order valence-electron chi connectivity index (χ3n) is 5.78. The Hall–Kier alpha value is -2.70. The molecule has 2 amide bonds. The van der Waals surface area contributed by atoms with Crippen molar-refractivity contribution in [3.8, 4) is 0 Å². The third kappa shape index (κ3) is 3.19. The first kappa shape index (κ1) is 18.7. The quantitative estimate of drug-likeness (QED) is 0.858. The Balaban J connectivity index is 1.54. The fraction of sp³-hybridized carbons (Fsp3) is 0.364. The van der Waals surface area contributed by atoms with Crippen molar-refractivity contribution in [2.45, 2.75) is 31.3 Å². The molecule has 1 saturated heterocycles. The number of carbonyl (C=O) groups excluding carboxylic acids is 2. The van der Waals surface area contributed by atoms with Crippen LogP contribution in [0.5, 0.6) is 0 Å². The van der Waals surface area contributed by atoms with E-state index >= 15 is 0 Å². The van der Waals surface area contributed by atoms with Crippen molar-refractivity contribution in [2.75, 3.05) is 29.9 Å². The topological polar surface area (TPSA) is 78.7 Å². The Morgan fingerprint density at radius 3 is 2.54 bits per heavy atom. The first-order valence-electron chi connectivity index (χ1n) is 9.64. The summed E-state index contributed by atoms with van der Waals surface area (Å²) in [5.41, 5.74) is 8.03. The van der Waals surface area contributed by atoms with Gasteiger partial charge >= 0.3 is 0 Å². The highest BCUT2D eigenvalue weighted by Gasteiger charge is 2.44. The monoisotopic (exact) mass is 378 g/mol. The van der Waals surface area contributed by atoms with E-state index in [1.165, 1.54) is 5.56 Å². The van der Waals surface area contributed by atoms with Gasteiger partial charge in [0.25, 0.3) is 0 Å². The lowest BCUT2D eigenvalue weighted by atomic mass is 9.95. The summed E-state index contributed by atoms with van der Waals surface area (Å²) in [5.74, 6) is -0.0630. The van der Waals surface area contributed by atoms with Crippen LogP contribution in [0.3, 0.4) is 0 Å². The molecule has 146 valence electrons. The summed E-state index contributed by atoms with van der Waals surface area (Å²) in [6, 6.07) is 17.6. The van der Waals surface area contributed by atoms with Crippen molar-refractivity contribution < 1.29 is 9.59 Å². The normalized spacial score (nSPS) is 24.0. The van der Waals surface area contributed by atoms with E-state index in [2.05, 4.69) is 22.3 Å². The number of anilines is 2. The van der Waals surface area contributed by atoms with Gasteiger partial charge in [-0.25, -0.2) is 0 Å². The van der Waals surface area contributed by atoms with E-state index < -0.39 is 5.54 Å². The number of hydrogen-bond acceptors (Lipinski definition) is 4. The van der Waals surface area contributed by atoms with Gasteiger partial charge in [0.2, 0.25) is 11.8 Å². The molecule has 2 aromatic rings. The van der Waals surface area contributed by atoms with Crippen molar-refractivity contribution in [3.05, 3.63) is 60.2 Å². The maximum absolute atomic E-state index is 13.3. The van der Waals surface area contributed by atoms with E-state index in [9.17, 15) is 9.59 Å². The first-order valence-corrected chi connectivity index (χ1v) is 9.64. The second-order valence-corrected chi connectivity index (χ2v) is 8.13. The van der Waals surface area contributed by atoms with Crippen LogP contribution in [-0.4, -0.2) is 47.9 Å². The summed E-state index contributed by atoms with van der Waals surface area (Å²) in [5, 5.41) is 2.90. The molecule has 2 aliphatic heterocycles. The second-order valence-electron chi connectivity index (χ2n) is 8.13. The van der Waals surface area contributed by atoms with E-state index in [-0.39, 0.29) is 30.3 Å². The van der Waals surface area contributed by atoms with E-state index in [4.69, 9.17) is 5.73 Å². The van der Waals surface area contributed by atoms with Crippen molar-refractivity contribution in [1.29, 1.82) is 0 Å². The first-order chi connectivity index (χ1) is 13.4. The van der Waals surface area contributed by atoms with Crippen LogP contribution in [0.2, 0.25) is 0 Å². The molecule has 0 bridgehead atoms. The van der Waals surface area contributed by atoms with Gasteiger partial charge in [0.1, 0.15) is 5.54 Å². The minimum absolute atomic E-state index is 0.0137. The number of likely N-dealkylation sites (tertiary alicyclic amines) is 1. The second kappa shape index (κ2) is 7.04. The molecule has 6 nitrogen and oxygen atoms in total. The summed E-state index contributed by atoms with van der Waals surface area (Å²) < 4.78 is 0. The number of amides is 2. The lowest BCUT2D eigenvalue weighted by molar-refractivity contribution is -0.127. The maximum atomic E-state index is 13.3. The van der Waals surface area contributed by atoms with Gasteiger partial charge < -0.3 is 11.1 Å². The number of benzene rings is 2. The van der Waals surface area contributed by atoms with Crippen molar-refractivity contribution in [3.63, 3.8) is 0 Å². The highest BCUT2D eigenvalue weighted by molar-refractivity contribution is 6.14. The smallest absolute Gasteiger partial charge is 0.250 e. The summed E-state index contributed by atoms with van der Waals surface area (Å²) in [4.78, 5) is 29.6. The minimum Gasteiger partial charge on any atom is -0.326 e. The van der Waals surface area contributed by atoms with Gasteiger partial charge in [-0.15, -0.1) is 0 Å². The summed E-state index contributed by atoms with van der Waals surface area (Å²) in [6.45, 7) is 5.19. The Kier molecular flexibility index (Phi) is 4.69. The van der Waals surface area contributed by atoms with Crippen LogP contribution in [0.1, 0.15) is 25.3 Å². The Morgan fingerprint density at radius 2 is 1.79 bits per heavy atom. The molecule has 1 fully saturated rings. The standard InChI is InChI=1S/C22H26N4O2/c1-22(2)21(28)24-18-10-6-7-11-19(18)26(22)20(27)14-25-12-16(17(23)13-25)15-8-4-3-5-9-15/h3-11,16-17H,12-14,23H2,1-2H3,(H,24,28)/t16-,17+/m0/s1. The molecule has 4 rings (SSSR count). The average molecular weight is 378 g/mol. The Bertz CT molecular complexity index is 896. The minimum atomic E-state index is -0.952. The van der Waals surface area contributed by atoms with Gasteiger partial charge in [0.05, 0.1) is 17.9 Å². The van der Waals surface area contributed by atoms with Crippen LogP contribution < -0.4 is 16.0 Å². The highest BCUT2D eigenvalue weighted by Crippen LogP contribution is 2.37. The van der Waals surface area contributed by atoms with E-state index in [0.717, 1.165) is 12.2 Å². The zero-order valence-corrected chi connectivity index (χ0v) is 16.3. The van der Waals surface area contributed by atoms with Crippen LogP contribution in [-0.2, 0) is 9.59 Å². The van der Waals surface area contributed by atoms with Crippen LogP contribution >= 0.6 is 0 Å². The number of carbonyl (C=O) groups is 2. The van der Waals surface area contributed by atoms with Gasteiger partial charge in [-0.05, 0) is 31.5 Å². The van der Waals surface area contributed by atoms with E-state index in [1.54, 1.807) is 18.7 Å². The number of hydrogen-bond donors (Lipinski definition) is 2. The summed E-state index contributed by atoms with van der Waals surface area (Å²) in [6.07, 6.45) is 0. The maximum Gasteiger partial charge on any atom is 0.250 e. The molecule has 0 spiro atoms. The zero-order valence-electron chi connectivity index (χ0n) is 16.3. The number of para-hydroxylation sites is 2. The zero-order chi connectivity index (χ0) is 19.9. The fourth-order valence-electron chi connectivity index (χ4n) is 4.26. The SMILES string of the molecule is CC1(C)C(=O)Nc2ccccc2N1C(=O)CN1C[C@@H](N)[C@H](c2ccccc2)C1. The predicted molar refractivity (Wildman–Crippen MR) is 110 cm³/mol. The molecule has 2 aliphatic rings. The largest absolute Gasteiger partial charge is 0.326 e. The number of rotatable bonds is 3. The molecule has 2 aromatic carbocycles. The molecule has 0 unspecified atom stereocenters. The third-order valence-corrected chi connectivity index (χ3v) is 5.78. The van der Waals surface area contributed by atoms with Gasteiger partial charge in [-0.1, -0.05) is 42.5 Å². The van der Waals surface area contributed by atoms with Crippen LogP contribution in [0, 0.1) is 0 Å². The molecular weight excluding hydrogens is 352 g/mol. The summed E-state index contributed by atoms with van der Waals surface area (Å²) in [7, 11) is 0. The highest BCUT2D eigenvalue weighted by atomic mass is 16.2. The average Bonchev–Trinajstić information content (AvgIpc) is 3.03. The summed E-state index contributed by atoms with van der Waals surface area (Å²) >= 11 is 0. The lowest BCUT2D eigenvalue weighted by Crippen LogP contribution is -2.60. The fourth-order valence-corrected chi connectivity index (χ4v) is 4.26. The molecular formula is C22H26N4O2. The van der Waals surface area contributed by atoms with E-state index in [0.29, 0.717) is 12.2 Å². The van der Waals surface area contributed by atoms with Crippen molar-refractivity contribution in [2.24, 2.45) is 5.73 Å². The molecule has 6 heteroatoms. The number of nitrogens with zero attached hydrogens (tertiary/aromatic N) is 2. The van der Waals surface area contributed by atoms with Gasteiger partial charge in [-0.2, -0.15) is 0 Å².